The van der Waals surface area contributed by atoms with Crippen LogP contribution in [0.2, 0.25) is 0 Å². The minimum atomic E-state index is -0.706. The van der Waals surface area contributed by atoms with Gasteiger partial charge in [0.2, 0.25) is 0 Å². The smallest absolute Gasteiger partial charge is 0.182 e. The summed E-state index contributed by atoms with van der Waals surface area (Å²) in [5, 5.41) is 8.36. The van der Waals surface area contributed by atoms with Crippen LogP contribution in [0.4, 0.5) is 0 Å². The van der Waals surface area contributed by atoms with Gasteiger partial charge in [-0.05, 0) is 56.8 Å². The Morgan fingerprint density at radius 3 is 1.96 bits per heavy atom. The topological polar surface area (TPSA) is 56.0 Å². The Morgan fingerprint density at radius 1 is 0.444 bits per heavy atom. The maximum atomic E-state index is 5.41. The monoisotopic (exact) mass is 689 g/mol. The van der Waals surface area contributed by atoms with Crippen molar-refractivity contribution in [1.82, 2.24) is 24.6 Å². The van der Waals surface area contributed by atoms with Gasteiger partial charge in [0.25, 0.3) is 0 Å². The third kappa shape index (κ3) is 4.45. The number of fused-ring (bicyclic) bond motifs is 7. The van der Waals surface area contributed by atoms with E-state index in [0.29, 0.717) is 11.6 Å². The predicted molar refractivity (Wildman–Crippen MR) is 217 cm³/mol. The number of aromatic nitrogens is 5. The Balaban J connectivity index is 1.21. The minimum Gasteiger partial charge on any atom is -0.228 e. The van der Waals surface area contributed by atoms with Crippen molar-refractivity contribution >= 4 is 27.3 Å². The van der Waals surface area contributed by atoms with Gasteiger partial charge in [-0.25, -0.2) is 19.5 Å². The Bertz CT molecular complexity index is 3050. The first-order chi connectivity index (χ1) is 26.8. The molecule has 0 fully saturated rings. The molecular formula is C49H31N5. The summed E-state index contributed by atoms with van der Waals surface area (Å²) in [5.74, 6) is 1.38. The van der Waals surface area contributed by atoms with E-state index in [1.54, 1.807) is 0 Å². The third-order valence-corrected chi connectivity index (χ3v) is 10.9. The summed E-state index contributed by atoms with van der Waals surface area (Å²) in [6.45, 7) is 0. The van der Waals surface area contributed by atoms with E-state index in [1.807, 2.05) is 35.0 Å². The fourth-order valence-corrected chi connectivity index (χ4v) is 8.61. The van der Waals surface area contributed by atoms with E-state index >= 15 is 0 Å². The normalized spacial score (nSPS) is 14.7. The molecular weight excluding hydrogens is 659 g/mol. The molecule has 252 valence electrons. The second-order valence-corrected chi connectivity index (χ2v) is 13.9. The number of hydrogen-bond acceptors (Lipinski definition) is 4. The molecule has 0 bridgehead atoms. The maximum Gasteiger partial charge on any atom is 0.182 e. The van der Waals surface area contributed by atoms with Crippen molar-refractivity contribution in [2.24, 2.45) is 0 Å². The van der Waals surface area contributed by atoms with E-state index in [1.165, 1.54) is 22.1 Å². The average molecular weight is 690 g/mol. The summed E-state index contributed by atoms with van der Waals surface area (Å²) >= 11 is 0. The van der Waals surface area contributed by atoms with Crippen LogP contribution >= 0.6 is 0 Å². The highest BCUT2D eigenvalue weighted by Gasteiger charge is 2.47. The number of benzene rings is 7. The van der Waals surface area contributed by atoms with Crippen LogP contribution in [0.25, 0.3) is 72.5 Å². The molecule has 0 saturated heterocycles. The lowest BCUT2D eigenvalue weighted by Gasteiger charge is -2.34. The van der Waals surface area contributed by atoms with Crippen LogP contribution in [0.15, 0.2) is 188 Å². The molecule has 5 heteroatoms. The first-order valence-corrected chi connectivity index (χ1v) is 18.2. The standard InChI is InChI=1S/C49H31N5/c1-4-16-33(17-5-1)45-44-37-22-11-10-15-32(37)27-29-43(44)50-46(51-45)35-26-28-39-38-23-12-13-24-40(38)49(42(39)31-35,36-20-8-3-9-21-36)41-25-14-30-54-48(41)52-47(53-54)34-18-6-2-7-19-34/h1-31H. The van der Waals surface area contributed by atoms with Crippen molar-refractivity contribution in [3.8, 4) is 45.2 Å². The minimum absolute atomic E-state index is 0.685. The maximum absolute atomic E-state index is 5.41. The summed E-state index contributed by atoms with van der Waals surface area (Å²) in [4.78, 5) is 16.0. The predicted octanol–water partition coefficient (Wildman–Crippen LogP) is 11.2. The third-order valence-electron chi connectivity index (χ3n) is 10.9. The van der Waals surface area contributed by atoms with Crippen LogP contribution in [0.1, 0.15) is 22.3 Å². The van der Waals surface area contributed by atoms with Crippen molar-refractivity contribution < 1.29 is 0 Å². The fourth-order valence-electron chi connectivity index (χ4n) is 8.61. The first kappa shape index (κ1) is 30.4. The molecule has 1 atom stereocenters. The second-order valence-electron chi connectivity index (χ2n) is 13.9. The van der Waals surface area contributed by atoms with Crippen LogP contribution < -0.4 is 0 Å². The van der Waals surface area contributed by atoms with Gasteiger partial charge in [0, 0.05) is 33.8 Å². The van der Waals surface area contributed by atoms with Crippen molar-refractivity contribution in [2.75, 3.05) is 0 Å². The molecule has 1 unspecified atom stereocenters. The summed E-state index contributed by atoms with van der Waals surface area (Å²) in [5.41, 5.74) is 11.9. The Hall–Kier alpha value is -7.24. The van der Waals surface area contributed by atoms with E-state index in [2.05, 4.69) is 158 Å². The Labute approximate surface area is 311 Å². The lowest BCUT2D eigenvalue weighted by atomic mass is 9.67. The number of pyridine rings is 1. The summed E-state index contributed by atoms with van der Waals surface area (Å²) in [6, 6.07) is 64.1. The molecule has 0 N–H and O–H groups in total. The van der Waals surface area contributed by atoms with Gasteiger partial charge < -0.3 is 0 Å². The summed E-state index contributed by atoms with van der Waals surface area (Å²) < 4.78 is 1.93. The van der Waals surface area contributed by atoms with Gasteiger partial charge >= 0.3 is 0 Å². The molecule has 11 rings (SSSR count). The van der Waals surface area contributed by atoms with E-state index < -0.39 is 5.41 Å². The molecule has 0 radical (unpaired) electrons. The Kier molecular flexibility index (Phi) is 6.70. The zero-order valence-electron chi connectivity index (χ0n) is 29.1. The van der Waals surface area contributed by atoms with Gasteiger partial charge in [-0.2, -0.15) is 0 Å². The van der Waals surface area contributed by atoms with Crippen molar-refractivity contribution in [2.45, 2.75) is 5.41 Å². The molecule has 0 aliphatic heterocycles. The molecule has 1 aliphatic carbocycles. The average Bonchev–Trinajstić information content (AvgIpc) is 3.82. The molecule has 54 heavy (non-hydrogen) atoms. The highest BCUT2D eigenvalue weighted by atomic mass is 15.3. The van der Waals surface area contributed by atoms with Gasteiger partial charge in [0.1, 0.15) is 0 Å². The molecule has 3 heterocycles. The molecule has 1 aliphatic rings. The highest BCUT2D eigenvalue weighted by molar-refractivity contribution is 6.12. The zero-order chi connectivity index (χ0) is 35.6. The van der Waals surface area contributed by atoms with E-state index in [0.717, 1.165) is 61.0 Å². The fraction of sp³-hybridized carbons (Fsp3) is 0.0204. The SMILES string of the molecule is c1ccc(-c2nc3c(C4(c5ccccc5)c5ccccc5-c5ccc(-c6nc(-c7ccccc7)c7c(ccc8ccccc87)n6)cc54)cccn3n2)cc1. The highest BCUT2D eigenvalue weighted by Crippen LogP contribution is 2.57. The number of rotatable bonds is 5. The van der Waals surface area contributed by atoms with Crippen LogP contribution in [-0.2, 0) is 5.41 Å². The Morgan fingerprint density at radius 2 is 1.13 bits per heavy atom. The van der Waals surface area contributed by atoms with Gasteiger partial charge in [0.05, 0.1) is 16.6 Å². The molecule has 0 spiro atoms. The van der Waals surface area contributed by atoms with Gasteiger partial charge in [-0.15, -0.1) is 5.10 Å². The van der Waals surface area contributed by atoms with Gasteiger partial charge in [-0.3, -0.25) is 0 Å². The first-order valence-electron chi connectivity index (χ1n) is 18.2. The van der Waals surface area contributed by atoms with Crippen molar-refractivity contribution in [1.29, 1.82) is 0 Å². The van der Waals surface area contributed by atoms with Crippen molar-refractivity contribution in [3.05, 3.63) is 210 Å². The largest absolute Gasteiger partial charge is 0.228 e. The van der Waals surface area contributed by atoms with Crippen LogP contribution in [0.5, 0.6) is 0 Å². The molecule has 3 aromatic heterocycles. The molecule has 5 nitrogen and oxygen atoms in total. The summed E-state index contributed by atoms with van der Waals surface area (Å²) in [6.07, 6.45) is 1.99. The van der Waals surface area contributed by atoms with E-state index in [-0.39, 0.29) is 0 Å². The second kappa shape index (κ2) is 11.9. The lowest BCUT2D eigenvalue weighted by molar-refractivity contribution is 0.764. The van der Waals surface area contributed by atoms with Crippen LogP contribution in [0.3, 0.4) is 0 Å². The van der Waals surface area contributed by atoms with Crippen LogP contribution in [0, 0.1) is 0 Å². The summed E-state index contributed by atoms with van der Waals surface area (Å²) in [7, 11) is 0. The van der Waals surface area contributed by atoms with Gasteiger partial charge in [0.15, 0.2) is 17.3 Å². The number of hydrogen-bond donors (Lipinski definition) is 0. The quantitative estimate of drug-likeness (QED) is 0.169. The van der Waals surface area contributed by atoms with Crippen LogP contribution in [-0.4, -0.2) is 24.6 Å². The molecule has 0 amide bonds. The molecule has 0 saturated carbocycles. The molecule has 10 aromatic rings. The van der Waals surface area contributed by atoms with Crippen molar-refractivity contribution in [3.63, 3.8) is 0 Å². The molecule has 7 aromatic carbocycles. The zero-order valence-corrected chi connectivity index (χ0v) is 29.1. The number of nitrogens with zero attached hydrogens (tertiary/aromatic N) is 5. The van der Waals surface area contributed by atoms with E-state index in [4.69, 9.17) is 20.1 Å². The lowest BCUT2D eigenvalue weighted by Crippen LogP contribution is -2.29. The van der Waals surface area contributed by atoms with Gasteiger partial charge in [-0.1, -0.05) is 164 Å². The van der Waals surface area contributed by atoms with E-state index in [9.17, 15) is 0 Å².